The third-order valence-electron chi connectivity index (χ3n) is 1.72. The summed E-state index contributed by atoms with van der Waals surface area (Å²) in [6.07, 6.45) is 3.44. The van der Waals surface area contributed by atoms with Crippen LogP contribution in [0.1, 0.15) is 16.8 Å². The van der Waals surface area contributed by atoms with Crippen molar-refractivity contribution in [2.75, 3.05) is 0 Å². The highest BCUT2D eigenvalue weighted by molar-refractivity contribution is 5.51. The van der Waals surface area contributed by atoms with Crippen LogP contribution < -0.4 is 0 Å². The molecule has 0 aromatic carbocycles. The molecule has 0 bridgehead atoms. The molecule has 0 unspecified atom stereocenters. The van der Waals surface area contributed by atoms with Gasteiger partial charge in [0.15, 0.2) is 0 Å². The second-order valence-corrected chi connectivity index (χ2v) is 2.33. The normalized spacial score (nSPS) is 9.64. The van der Waals surface area contributed by atoms with Crippen LogP contribution in [0.25, 0.3) is 6.08 Å². The van der Waals surface area contributed by atoms with E-state index in [0.29, 0.717) is 0 Å². The van der Waals surface area contributed by atoms with Crippen molar-refractivity contribution < 1.29 is 5.11 Å². The Morgan fingerprint density at radius 2 is 2.45 bits per heavy atom. The van der Waals surface area contributed by atoms with E-state index < -0.39 is 0 Å². The lowest BCUT2D eigenvalue weighted by molar-refractivity contribution is 0.276. The summed E-state index contributed by atoms with van der Waals surface area (Å²) in [5.41, 5.74) is 2.76. The molecule has 0 radical (unpaired) electrons. The van der Waals surface area contributed by atoms with Crippen molar-refractivity contribution in [2.24, 2.45) is 0 Å². The first-order valence-electron chi connectivity index (χ1n) is 3.47. The summed E-state index contributed by atoms with van der Waals surface area (Å²) in [5, 5.41) is 8.84. The van der Waals surface area contributed by atoms with E-state index in [1.54, 1.807) is 12.3 Å². The van der Waals surface area contributed by atoms with E-state index in [4.69, 9.17) is 5.11 Å². The maximum Gasteiger partial charge on any atom is 0.0855 e. The Balaban J connectivity index is 3.20. The number of aliphatic hydroxyl groups excluding tert-OH is 1. The van der Waals surface area contributed by atoms with E-state index in [1.807, 2.05) is 13.0 Å². The average molecular weight is 149 g/mol. The fourth-order valence-electron chi connectivity index (χ4n) is 0.977. The molecule has 58 valence electrons. The minimum atomic E-state index is -0.00644. The summed E-state index contributed by atoms with van der Waals surface area (Å²) in [7, 11) is 0. The highest BCUT2D eigenvalue weighted by Crippen LogP contribution is 2.11. The molecule has 0 atom stereocenters. The maximum atomic E-state index is 8.84. The van der Waals surface area contributed by atoms with Crippen molar-refractivity contribution in [1.82, 2.24) is 4.98 Å². The fourth-order valence-corrected chi connectivity index (χ4v) is 0.977. The Morgan fingerprint density at radius 1 is 1.73 bits per heavy atom. The summed E-state index contributed by atoms with van der Waals surface area (Å²) in [5.74, 6) is 0. The van der Waals surface area contributed by atoms with Crippen LogP contribution in [-0.4, -0.2) is 10.1 Å². The van der Waals surface area contributed by atoms with Crippen LogP contribution >= 0.6 is 0 Å². The molecule has 0 amide bonds. The van der Waals surface area contributed by atoms with Crippen LogP contribution in [0.4, 0.5) is 0 Å². The van der Waals surface area contributed by atoms with Gasteiger partial charge in [0, 0.05) is 6.20 Å². The Kier molecular flexibility index (Phi) is 2.39. The van der Waals surface area contributed by atoms with Crippen molar-refractivity contribution in [1.29, 1.82) is 0 Å². The SMILES string of the molecule is C=Cc1ccnc(CO)c1C. The first kappa shape index (κ1) is 7.95. The Hall–Kier alpha value is -1.15. The first-order valence-corrected chi connectivity index (χ1v) is 3.47. The van der Waals surface area contributed by atoms with Gasteiger partial charge in [-0.25, -0.2) is 0 Å². The van der Waals surface area contributed by atoms with Crippen LogP contribution in [0.2, 0.25) is 0 Å². The van der Waals surface area contributed by atoms with Gasteiger partial charge in [-0.2, -0.15) is 0 Å². The van der Waals surface area contributed by atoms with E-state index in [2.05, 4.69) is 11.6 Å². The predicted octanol–water partition coefficient (Wildman–Crippen LogP) is 1.53. The monoisotopic (exact) mass is 149 g/mol. The first-order chi connectivity index (χ1) is 5.29. The molecule has 0 fully saturated rings. The number of aromatic nitrogens is 1. The molecule has 0 aliphatic carbocycles. The lowest BCUT2D eigenvalue weighted by atomic mass is 10.1. The number of aliphatic hydroxyl groups is 1. The summed E-state index contributed by atoms with van der Waals surface area (Å²) in [6, 6.07) is 1.88. The van der Waals surface area contributed by atoms with E-state index in [0.717, 1.165) is 16.8 Å². The third-order valence-corrected chi connectivity index (χ3v) is 1.72. The van der Waals surface area contributed by atoms with Crippen molar-refractivity contribution in [2.45, 2.75) is 13.5 Å². The van der Waals surface area contributed by atoms with E-state index in [-0.39, 0.29) is 6.61 Å². The van der Waals surface area contributed by atoms with Gasteiger partial charge in [0.1, 0.15) is 0 Å². The zero-order valence-corrected chi connectivity index (χ0v) is 6.54. The molecular weight excluding hydrogens is 138 g/mol. The van der Waals surface area contributed by atoms with Crippen LogP contribution in [0, 0.1) is 6.92 Å². The summed E-state index contributed by atoms with van der Waals surface area (Å²) >= 11 is 0. The van der Waals surface area contributed by atoms with Gasteiger partial charge in [-0.15, -0.1) is 0 Å². The highest BCUT2D eigenvalue weighted by atomic mass is 16.3. The van der Waals surface area contributed by atoms with Gasteiger partial charge in [-0.3, -0.25) is 4.98 Å². The minimum absolute atomic E-state index is 0.00644. The van der Waals surface area contributed by atoms with Gasteiger partial charge in [-0.1, -0.05) is 12.7 Å². The van der Waals surface area contributed by atoms with Gasteiger partial charge in [0.2, 0.25) is 0 Å². The van der Waals surface area contributed by atoms with Crippen molar-refractivity contribution in [3.05, 3.63) is 35.7 Å². The van der Waals surface area contributed by atoms with Gasteiger partial charge in [0.05, 0.1) is 12.3 Å². The summed E-state index contributed by atoms with van der Waals surface area (Å²) in [4.78, 5) is 4.01. The number of hydrogen-bond donors (Lipinski definition) is 1. The van der Waals surface area contributed by atoms with Crippen LogP contribution in [0.3, 0.4) is 0 Å². The molecule has 1 heterocycles. The van der Waals surface area contributed by atoms with Crippen LogP contribution in [0.15, 0.2) is 18.8 Å². The largest absolute Gasteiger partial charge is 0.390 e. The predicted molar refractivity (Wildman–Crippen MR) is 45.0 cm³/mol. The number of nitrogens with zero attached hydrogens (tertiary/aromatic N) is 1. The Morgan fingerprint density at radius 3 is 3.00 bits per heavy atom. The zero-order valence-electron chi connectivity index (χ0n) is 6.54. The van der Waals surface area contributed by atoms with E-state index >= 15 is 0 Å². The standard InChI is InChI=1S/C9H11NO/c1-3-8-4-5-10-9(6-11)7(8)2/h3-5,11H,1,6H2,2H3. The molecule has 11 heavy (non-hydrogen) atoms. The molecule has 1 rings (SSSR count). The molecule has 0 aliphatic heterocycles. The van der Waals surface area contributed by atoms with Crippen LogP contribution in [0.5, 0.6) is 0 Å². The molecule has 1 aromatic rings. The molecule has 0 saturated carbocycles. The number of rotatable bonds is 2. The molecule has 1 N–H and O–H groups in total. The fraction of sp³-hybridized carbons (Fsp3) is 0.222. The maximum absolute atomic E-state index is 8.84. The van der Waals surface area contributed by atoms with Crippen molar-refractivity contribution >= 4 is 6.08 Å². The summed E-state index contributed by atoms with van der Waals surface area (Å²) < 4.78 is 0. The molecule has 2 nitrogen and oxygen atoms in total. The lowest BCUT2D eigenvalue weighted by Crippen LogP contribution is -1.94. The number of hydrogen-bond acceptors (Lipinski definition) is 2. The molecule has 0 saturated heterocycles. The second kappa shape index (κ2) is 3.30. The van der Waals surface area contributed by atoms with E-state index in [9.17, 15) is 0 Å². The van der Waals surface area contributed by atoms with Gasteiger partial charge in [-0.05, 0) is 24.1 Å². The minimum Gasteiger partial charge on any atom is -0.390 e. The summed E-state index contributed by atoms with van der Waals surface area (Å²) in [6.45, 7) is 5.58. The quantitative estimate of drug-likeness (QED) is 0.691. The van der Waals surface area contributed by atoms with Gasteiger partial charge >= 0.3 is 0 Å². The Labute approximate surface area is 66.2 Å². The lowest BCUT2D eigenvalue weighted by Gasteiger charge is -2.03. The molecule has 1 aromatic heterocycles. The zero-order chi connectivity index (χ0) is 8.27. The van der Waals surface area contributed by atoms with Gasteiger partial charge < -0.3 is 5.11 Å². The van der Waals surface area contributed by atoms with Crippen LogP contribution in [-0.2, 0) is 6.61 Å². The molecule has 0 aliphatic rings. The Bertz CT molecular complexity index is 268. The highest BCUT2D eigenvalue weighted by Gasteiger charge is 1.99. The van der Waals surface area contributed by atoms with E-state index in [1.165, 1.54) is 0 Å². The second-order valence-electron chi connectivity index (χ2n) is 2.33. The third kappa shape index (κ3) is 1.46. The topological polar surface area (TPSA) is 33.1 Å². The smallest absolute Gasteiger partial charge is 0.0855 e. The molecular formula is C9H11NO. The van der Waals surface area contributed by atoms with Gasteiger partial charge in [0.25, 0.3) is 0 Å². The van der Waals surface area contributed by atoms with Crippen molar-refractivity contribution in [3.63, 3.8) is 0 Å². The molecule has 2 heteroatoms. The number of pyridine rings is 1. The molecule has 0 spiro atoms. The van der Waals surface area contributed by atoms with Crippen molar-refractivity contribution in [3.8, 4) is 0 Å². The average Bonchev–Trinajstić information content (AvgIpc) is 2.05.